The van der Waals surface area contributed by atoms with Crippen molar-refractivity contribution in [2.45, 2.75) is 31.9 Å². The van der Waals surface area contributed by atoms with Gasteiger partial charge in [0.1, 0.15) is 5.75 Å². The van der Waals surface area contributed by atoms with Crippen LogP contribution in [0.1, 0.15) is 31.4 Å². The van der Waals surface area contributed by atoms with Gasteiger partial charge in [-0.25, -0.2) is 0 Å². The maximum atomic E-state index is 11.8. The van der Waals surface area contributed by atoms with E-state index in [1.54, 1.807) is 19.1 Å². The van der Waals surface area contributed by atoms with E-state index >= 15 is 0 Å². The molecule has 1 amide bonds. The average Bonchev–Trinajstić information content (AvgIpc) is 2.46. The third-order valence-electron chi connectivity index (χ3n) is 3.31. The maximum Gasteiger partial charge on any atom is 0.258 e. The summed E-state index contributed by atoms with van der Waals surface area (Å²) in [6.45, 7) is 3.01. The first kappa shape index (κ1) is 14.8. The quantitative estimate of drug-likeness (QED) is 0.855. The Morgan fingerprint density at radius 2 is 2.15 bits per heavy atom. The average molecular weight is 279 g/mol. The highest BCUT2D eigenvalue weighted by atomic mass is 16.5. The van der Waals surface area contributed by atoms with Gasteiger partial charge in [-0.05, 0) is 25.8 Å². The van der Waals surface area contributed by atoms with Crippen LogP contribution in [0.15, 0.2) is 24.3 Å². The van der Waals surface area contributed by atoms with Crippen LogP contribution in [-0.4, -0.2) is 36.9 Å². The van der Waals surface area contributed by atoms with Crippen molar-refractivity contribution < 1.29 is 19.4 Å². The number of benzene rings is 1. The summed E-state index contributed by atoms with van der Waals surface area (Å²) in [5, 5.41) is 12.6. The second-order valence-electron chi connectivity index (χ2n) is 4.96. The number of amides is 1. The van der Waals surface area contributed by atoms with E-state index in [4.69, 9.17) is 9.47 Å². The lowest BCUT2D eigenvalue weighted by atomic mass is 10.1. The predicted octanol–water partition coefficient (Wildman–Crippen LogP) is 1.41. The summed E-state index contributed by atoms with van der Waals surface area (Å²) in [6, 6.07) is 7.36. The van der Waals surface area contributed by atoms with Gasteiger partial charge >= 0.3 is 0 Å². The van der Waals surface area contributed by atoms with Crippen LogP contribution in [0.3, 0.4) is 0 Å². The molecule has 5 heteroatoms. The topological polar surface area (TPSA) is 67.8 Å². The first-order valence-corrected chi connectivity index (χ1v) is 6.93. The molecule has 1 atom stereocenters. The van der Waals surface area contributed by atoms with Crippen molar-refractivity contribution in [3.8, 4) is 5.75 Å². The van der Waals surface area contributed by atoms with E-state index in [1.165, 1.54) is 0 Å². The molecule has 1 aromatic rings. The zero-order valence-corrected chi connectivity index (χ0v) is 11.7. The Balaban J connectivity index is 1.83. The lowest BCUT2D eigenvalue weighted by molar-refractivity contribution is -0.124. The Morgan fingerprint density at radius 1 is 1.45 bits per heavy atom. The molecule has 1 saturated heterocycles. The standard InChI is InChI=1S/C15H21NO4/c1-11(17)13-4-2-3-5-14(13)20-10-15(18)16-12-6-8-19-9-7-12/h2-5,11-12,17H,6-10H2,1H3,(H,16,18). The molecule has 1 aromatic carbocycles. The van der Waals surface area contributed by atoms with Crippen LogP contribution >= 0.6 is 0 Å². The second kappa shape index (κ2) is 7.26. The Hall–Kier alpha value is -1.59. The summed E-state index contributed by atoms with van der Waals surface area (Å²) in [5.41, 5.74) is 0.686. The van der Waals surface area contributed by atoms with Crippen LogP contribution in [0.2, 0.25) is 0 Å². The predicted molar refractivity (Wildman–Crippen MR) is 74.6 cm³/mol. The van der Waals surface area contributed by atoms with Crippen LogP contribution in [0.4, 0.5) is 0 Å². The number of carbonyl (C=O) groups excluding carboxylic acids is 1. The van der Waals surface area contributed by atoms with Crippen LogP contribution in [0.5, 0.6) is 5.75 Å². The molecular formula is C15H21NO4. The van der Waals surface area contributed by atoms with Gasteiger partial charge in [0.2, 0.25) is 0 Å². The van der Waals surface area contributed by atoms with Crippen LogP contribution in [0.25, 0.3) is 0 Å². The molecule has 1 fully saturated rings. The van der Waals surface area contributed by atoms with Gasteiger partial charge in [0.15, 0.2) is 6.61 Å². The lowest BCUT2D eigenvalue weighted by Gasteiger charge is -2.23. The zero-order chi connectivity index (χ0) is 14.4. The molecule has 1 aliphatic heterocycles. The third-order valence-corrected chi connectivity index (χ3v) is 3.31. The van der Waals surface area contributed by atoms with Gasteiger partial charge in [-0.1, -0.05) is 18.2 Å². The number of hydrogen-bond acceptors (Lipinski definition) is 4. The molecular weight excluding hydrogens is 258 g/mol. The number of aliphatic hydroxyl groups excluding tert-OH is 1. The van der Waals surface area contributed by atoms with Gasteiger partial charge in [-0.3, -0.25) is 4.79 Å². The van der Waals surface area contributed by atoms with Gasteiger partial charge in [-0.2, -0.15) is 0 Å². The molecule has 0 radical (unpaired) electrons. The van der Waals surface area contributed by atoms with Gasteiger partial charge in [0, 0.05) is 24.8 Å². The van der Waals surface area contributed by atoms with E-state index in [-0.39, 0.29) is 18.6 Å². The minimum absolute atomic E-state index is 0.0406. The van der Waals surface area contributed by atoms with E-state index in [2.05, 4.69) is 5.32 Å². The van der Waals surface area contributed by atoms with Crippen molar-refractivity contribution in [3.05, 3.63) is 29.8 Å². The van der Waals surface area contributed by atoms with E-state index in [1.807, 2.05) is 12.1 Å². The zero-order valence-electron chi connectivity index (χ0n) is 11.7. The summed E-state index contributed by atoms with van der Waals surface area (Å²) in [4.78, 5) is 11.8. The summed E-state index contributed by atoms with van der Waals surface area (Å²) in [7, 11) is 0. The van der Waals surface area contributed by atoms with Gasteiger partial charge in [0.25, 0.3) is 5.91 Å². The first-order valence-electron chi connectivity index (χ1n) is 6.93. The lowest BCUT2D eigenvalue weighted by Crippen LogP contribution is -2.41. The normalized spacial score (nSPS) is 17.5. The minimum Gasteiger partial charge on any atom is -0.483 e. The van der Waals surface area contributed by atoms with Crippen molar-refractivity contribution >= 4 is 5.91 Å². The molecule has 0 aromatic heterocycles. The van der Waals surface area contributed by atoms with Gasteiger partial charge in [-0.15, -0.1) is 0 Å². The largest absolute Gasteiger partial charge is 0.483 e. The van der Waals surface area contributed by atoms with Crippen LogP contribution in [0, 0.1) is 0 Å². The fraction of sp³-hybridized carbons (Fsp3) is 0.533. The fourth-order valence-corrected chi connectivity index (χ4v) is 2.21. The molecule has 0 aliphatic carbocycles. The molecule has 0 bridgehead atoms. The minimum atomic E-state index is -0.621. The highest BCUT2D eigenvalue weighted by Gasteiger charge is 2.16. The number of ether oxygens (including phenoxy) is 2. The molecule has 1 aliphatic rings. The van der Waals surface area contributed by atoms with Crippen molar-refractivity contribution in [1.82, 2.24) is 5.32 Å². The summed E-state index contributed by atoms with van der Waals surface area (Å²) >= 11 is 0. The maximum absolute atomic E-state index is 11.8. The van der Waals surface area contributed by atoms with Crippen molar-refractivity contribution in [1.29, 1.82) is 0 Å². The Labute approximate surface area is 118 Å². The van der Waals surface area contributed by atoms with E-state index in [9.17, 15) is 9.90 Å². The van der Waals surface area contributed by atoms with E-state index < -0.39 is 6.10 Å². The smallest absolute Gasteiger partial charge is 0.258 e. The van der Waals surface area contributed by atoms with Crippen LogP contribution in [-0.2, 0) is 9.53 Å². The van der Waals surface area contributed by atoms with Gasteiger partial charge < -0.3 is 19.9 Å². The molecule has 1 heterocycles. The number of rotatable bonds is 5. The number of hydrogen-bond donors (Lipinski definition) is 2. The van der Waals surface area contributed by atoms with E-state index in [0.717, 1.165) is 12.8 Å². The highest BCUT2D eigenvalue weighted by Crippen LogP contribution is 2.24. The molecule has 5 nitrogen and oxygen atoms in total. The fourth-order valence-electron chi connectivity index (χ4n) is 2.21. The molecule has 0 saturated carbocycles. The van der Waals surface area contributed by atoms with Gasteiger partial charge in [0.05, 0.1) is 6.10 Å². The van der Waals surface area contributed by atoms with Crippen LogP contribution < -0.4 is 10.1 Å². The number of aliphatic hydroxyl groups is 1. The monoisotopic (exact) mass is 279 g/mol. The summed E-state index contributed by atoms with van der Waals surface area (Å²) in [6.07, 6.45) is 1.07. The number of carbonyl (C=O) groups is 1. The second-order valence-corrected chi connectivity index (χ2v) is 4.96. The molecule has 2 N–H and O–H groups in total. The summed E-state index contributed by atoms with van der Waals surface area (Å²) < 4.78 is 10.7. The SMILES string of the molecule is CC(O)c1ccccc1OCC(=O)NC1CCOCC1. The Kier molecular flexibility index (Phi) is 5.38. The third kappa shape index (κ3) is 4.21. The Morgan fingerprint density at radius 3 is 2.85 bits per heavy atom. The first-order chi connectivity index (χ1) is 9.66. The molecule has 20 heavy (non-hydrogen) atoms. The van der Waals surface area contributed by atoms with Crippen molar-refractivity contribution in [2.24, 2.45) is 0 Å². The molecule has 110 valence electrons. The van der Waals surface area contributed by atoms with Crippen molar-refractivity contribution in [3.63, 3.8) is 0 Å². The van der Waals surface area contributed by atoms with Crippen molar-refractivity contribution in [2.75, 3.05) is 19.8 Å². The van der Waals surface area contributed by atoms with E-state index in [0.29, 0.717) is 24.5 Å². The highest BCUT2D eigenvalue weighted by molar-refractivity contribution is 5.77. The molecule has 1 unspecified atom stereocenters. The Bertz CT molecular complexity index is 441. The number of para-hydroxylation sites is 1. The molecule has 2 rings (SSSR count). The number of nitrogens with one attached hydrogen (secondary N) is 1. The molecule has 0 spiro atoms. The summed E-state index contributed by atoms with van der Waals surface area (Å²) in [5.74, 6) is 0.405.